The standard InChI is InChI=1S/C15H19ClN2OS/c1-10-11(4-3-5-12(10)16)13(19)18-8-6-15(2,7-9-18)14(17)20/h3-5H,6-9H2,1-2H3,(H2,17,20). The van der Waals surface area contributed by atoms with Gasteiger partial charge in [-0.2, -0.15) is 0 Å². The van der Waals surface area contributed by atoms with Gasteiger partial charge in [-0.15, -0.1) is 0 Å². The molecule has 1 saturated heterocycles. The first-order valence-electron chi connectivity index (χ1n) is 6.69. The van der Waals surface area contributed by atoms with Gasteiger partial charge in [0.2, 0.25) is 0 Å². The van der Waals surface area contributed by atoms with Crippen molar-refractivity contribution in [2.75, 3.05) is 13.1 Å². The molecule has 1 fully saturated rings. The summed E-state index contributed by atoms with van der Waals surface area (Å²) in [6.07, 6.45) is 1.63. The second-order valence-electron chi connectivity index (χ2n) is 5.63. The maximum atomic E-state index is 12.6. The molecule has 108 valence electrons. The van der Waals surface area contributed by atoms with Crippen LogP contribution < -0.4 is 5.73 Å². The molecule has 1 heterocycles. The smallest absolute Gasteiger partial charge is 0.254 e. The van der Waals surface area contributed by atoms with Crippen LogP contribution in [0.15, 0.2) is 18.2 Å². The number of hydrogen-bond donors (Lipinski definition) is 1. The minimum Gasteiger partial charge on any atom is -0.393 e. The van der Waals surface area contributed by atoms with Crippen LogP contribution in [0.25, 0.3) is 0 Å². The fraction of sp³-hybridized carbons (Fsp3) is 0.467. The zero-order valence-electron chi connectivity index (χ0n) is 11.8. The Hall–Kier alpha value is -1.13. The van der Waals surface area contributed by atoms with E-state index in [-0.39, 0.29) is 11.3 Å². The SMILES string of the molecule is Cc1c(Cl)cccc1C(=O)N1CCC(C)(C(N)=S)CC1. The Morgan fingerprint density at radius 3 is 2.55 bits per heavy atom. The molecule has 0 atom stereocenters. The van der Waals surface area contributed by atoms with E-state index < -0.39 is 0 Å². The van der Waals surface area contributed by atoms with Crippen molar-refractivity contribution in [1.82, 2.24) is 4.90 Å². The van der Waals surface area contributed by atoms with E-state index in [0.717, 1.165) is 18.4 Å². The molecule has 0 unspecified atom stereocenters. The monoisotopic (exact) mass is 310 g/mol. The van der Waals surface area contributed by atoms with E-state index in [1.165, 1.54) is 0 Å². The third-order valence-corrected chi connectivity index (χ3v) is 5.15. The van der Waals surface area contributed by atoms with E-state index in [0.29, 0.717) is 28.7 Å². The first kappa shape index (κ1) is 15.3. The van der Waals surface area contributed by atoms with Crippen LogP contribution in [-0.2, 0) is 0 Å². The van der Waals surface area contributed by atoms with E-state index in [1.807, 2.05) is 24.0 Å². The maximum absolute atomic E-state index is 12.6. The van der Waals surface area contributed by atoms with Gasteiger partial charge in [-0.05, 0) is 37.5 Å². The first-order valence-corrected chi connectivity index (χ1v) is 7.48. The summed E-state index contributed by atoms with van der Waals surface area (Å²) in [5.74, 6) is 0.0370. The molecule has 0 bridgehead atoms. The molecule has 0 aliphatic carbocycles. The van der Waals surface area contributed by atoms with Crippen molar-refractivity contribution >= 4 is 34.7 Å². The van der Waals surface area contributed by atoms with Gasteiger partial charge in [-0.3, -0.25) is 4.79 Å². The summed E-state index contributed by atoms with van der Waals surface area (Å²) in [5.41, 5.74) is 7.17. The number of benzene rings is 1. The largest absolute Gasteiger partial charge is 0.393 e. The number of amides is 1. The quantitative estimate of drug-likeness (QED) is 0.853. The summed E-state index contributed by atoms with van der Waals surface area (Å²) in [7, 11) is 0. The van der Waals surface area contributed by atoms with Gasteiger partial charge in [0.25, 0.3) is 5.91 Å². The number of rotatable bonds is 2. The number of hydrogen-bond acceptors (Lipinski definition) is 2. The Labute approximate surface area is 130 Å². The maximum Gasteiger partial charge on any atom is 0.254 e. The highest BCUT2D eigenvalue weighted by atomic mass is 35.5. The average molecular weight is 311 g/mol. The van der Waals surface area contributed by atoms with E-state index in [2.05, 4.69) is 6.92 Å². The van der Waals surface area contributed by atoms with Crippen molar-refractivity contribution in [3.63, 3.8) is 0 Å². The molecular formula is C15H19ClN2OS. The van der Waals surface area contributed by atoms with E-state index in [9.17, 15) is 4.79 Å². The molecule has 20 heavy (non-hydrogen) atoms. The van der Waals surface area contributed by atoms with Gasteiger partial charge in [0, 0.05) is 29.1 Å². The molecule has 1 aromatic carbocycles. The number of likely N-dealkylation sites (tertiary alicyclic amines) is 1. The molecule has 2 N–H and O–H groups in total. The van der Waals surface area contributed by atoms with Crippen molar-refractivity contribution in [2.45, 2.75) is 26.7 Å². The molecule has 0 spiro atoms. The number of halogens is 1. The number of thiocarbonyl (C=S) groups is 1. The lowest BCUT2D eigenvalue weighted by Gasteiger charge is -2.38. The Bertz CT molecular complexity index is 551. The van der Waals surface area contributed by atoms with Crippen LogP contribution in [0.2, 0.25) is 5.02 Å². The molecule has 1 aliphatic rings. The number of piperidine rings is 1. The fourth-order valence-electron chi connectivity index (χ4n) is 2.46. The van der Waals surface area contributed by atoms with Crippen molar-refractivity contribution in [1.29, 1.82) is 0 Å². The predicted molar refractivity (Wildman–Crippen MR) is 86.2 cm³/mol. The topological polar surface area (TPSA) is 46.3 Å². The highest BCUT2D eigenvalue weighted by Crippen LogP contribution is 2.32. The van der Waals surface area contributed by atoms with E-state index in [4.69, 9.17) is 29.6 Å². The number of carbonyl (C=O) groups excluding carboxylic acids is 1. The van der Waals surface area contributed by atoms with Gasteiger partial charge in [0.05, 0.1) is 4.99 Å². The Kier molecular flexibility index (Phi) is 4.35. The van der Waals surface area contributed by atoms with Gasteiger partial charge in [0.15, 0.2) is 0 Å². The average Bonchev–Trinajstić information content (AvgIpc) is 2.42. The van der Waals surface area contributed by atoms with Crippen molar-refractivity contribution in [3.8, 4) is 0 Å². The third-order valence-electron chi connectivity index (χ3n) is 4.25. The van der Waals surface area contributed by atoms with Gasteiger partial charge < -0.3 is 10.6 Å². The van der Waals surface area contributed by atoms with Crippen LogP contribution in [0, 0.1) is 12.3 Å². The van der Waals surface area contributed by atoms with Crippen LogP contribution in [0.4, 0.5) is 0 Å². The molecule has 0 radical (unpaired) electrons. The van der Waals surface area contributed by atoms with Crippen molar-refractivity contribution in [2.24, 2.45) is 11.1 Å². The van der Waals surface area contributed by atoms with Gasteiger partial charge in [0.1, 0.15) is 0 Å². The Balaban J connectivity index is 2.13. The summed E-state index contributed by atoms with van der Waals surface area (Å²) in [5, 5.41) is 0.626. The highest BCUT2D eigenvalue weighted by molar-refractivity contribution is 7.80. The number of carbonyl (C=O) groups is 1. The molecule has 1 aliphatic heterocycles. The zero-order chi connectivity index (χ0) is 14.9. The molecule has 0 aromatic heterocycles. The zero-order valence-corrected chi connectivity index (χ0v) is 13.4. The molecule has 2 rings (SSSR count). The van der Waals surface area contributed by atoms with Crippen LogP contribution >= 0.6 is 23.8 Å². The third kappa shape index (κ3) is 2.81. The normalized spacial score (nSPS) is 17.9. The second-order valence-corrected chi connectivity index (χ2v) is 6.48. The summed E-state index contributed by atoms with van der Waals surface area (Å²) >= 11 is 11.2. The van der Waals surface area contributed by atoms with Crippen LogP contribution in [0.5, 0.6) is 0 Å². The fourth-order valence-corrected chi connectivity index (χ4v) is 2.84. The minimum absolute atomic E-state index is 0.0370. The number of nitrogens with zero attached hydrogens (tertiary/aromatic N) is 1. The minimum atomic E-state index is -0.129. The number of nitrogens with two attached hydrogens (primary N) is 1. The summed E-state index contributed by atoms with van der Waals surface area (Å²) < 4.78 is 0. The van der Waals surface area contributed by atoms with E-state index >= 15 is 0 Å². The summed E-state index contributed by atoms with van der Waals surface area (Å²) in [6.45, 7) is 5.30. The van der Waals surface area contributed by atoms with Crippen LogP contribution in [0.3, 0.4) is 0 Å². The molecule has 1 amide bonds. The second kappa shape index (κ2) is 5.70. The van der Waals surface area contributed by atoms with Gasteiger partial charge in [-0.1, -0.05) is 36.8 Å². The van der Waals surface area contributed by atoms with Gasteiger partial charge in [-0.25, -0.2) is 0 Å². The molecule has 5 heteroatoms. The molecular weight excluding hydrogens is 292 g/mol. The molecule has 3 nitrogen and oxygen atoms in total. The summed E-state index contributed by atoms with van der Waals surface area (Å²) in [4.78, 5) is 15.0. The predicted octanol–water partition coefficient (Wildman–Crippen LogP) is 3.18. The summed E-state index contributed by atoms with van der Waals surface area (Å²) in [6, 6.07) is 5.43. The lowest BCUT2D eigenvalue weighted by atomic mass is 9.80. The van der Waals surface area contributed by atoms with Gasteiger partial charge >= 0.3 is 0 Å². The highest BCUT2D eigenvalue weighted by Gasteiger charge is 2.34. The van der Waals surface area contributed by atoms with E-state index in [1.54, 1.807) is 6.07 Å². The lowest BCUT2D eigenvalue weighted by Crippen LogP contribution is -2.46. The Morgan fingerprint density at radius 2 is 2.00 bits per heavy atom. The van der Waals surface area contributed by atoms with Crippen LogP contribution in [-0.4, -0.2) is 28.9 Å². The first-order chi connectivity index (χ1) is 9.35. The lowest BCUT2D eigenvalue weighted by molar-refractivity contribution is 0.0669. The molecule has 1 aromatic rings. The van der Waals surface area contributed by atoms with Crippen LogP contribution in [0.1, 0.15) is 35.7 Å². The molecule has 0 saturated carbocycles. The Morgan fingerprint density at radius 1 is 1.40 bits per heavy atom. The van der Waals surface area contributed by atoms with Crippen molar-refractivity contribution < 1.29 is 4.79 Å². The van der Waals surface area contributed by atoms with Crippen molar-refractivity contribution in [3.05, 3.63) is 34.3 Å².